The summed E-state index contributed by atoms with van der Waals surface area (Å²) in [6.07, 6.45) is 1.12. The number of thioether (sulfide) groups is 1. The van der Waals surface area contributed by atoms with Gasteiger partial charge in [0.15, 0.2) is 0 Å². The van der Waals surface area contributed by atoms with E-state index in [1.54, 1.807) is 12.3 Å². The van der Waals surface area contributed by atoms with E-state index in [4.69, 9.17) is 0 Å². The molecule has 0 bridgehead atoms. The van der Waals surface area contributed by atoms with Crippen molar-refractivity contribution in [3.63, 3.8) is 0 Å². The lowest BCUT2D eigenvalue weighted by Crippen LogP contribution is -2.01. The molecule has 0 aliphatic rings. The molecule has 3 rings (SSSR count). The molecular weight excluding hydrogens is 285 g/mol. The smallest absolute Gasteiger partial charge is 0.124 e. The Bertz CT molecular complexity index is 757. The number of halogens is 1. The van der Waals surface area contributed by atoms with Gasteiger partial charge in [0.05, 0.1) is 11.6 Å². The molecule has 0 amide bonds. The van der Waals surface area contributed by atoms with Crippen LogP contribution in [0.1, 0.15) is 11.7 Å². The second kappa shape index (κ2) is 6.24. The van der Waals surface area contributed by atoms with Gasteiger partial charge in [0.25, 0.3) is 0 Å². The molecule has 0 radical (unpaired) electrons. The molecule has 21 heavy (non-hydrogen) atoms. The molecule has 1 heterocycles. The highest BCUT2D eigenvalue weighted by atomic mass is 32.2. The van der Waals surface area contributed by atoms with Crippen LogP contribution >= 0.6 is 11.8 Å². The molecule has 0 fully saturated rings. The highest BCUT2D eigenvalue weighted by Crippen LogP contribution is 2.28. The summed E-state index contributed by atoms with van der Waals surface area (Å²) < 4.78 is 13.1. The van der Waals surface area contributed by atoms with Crippen molar-refractivity contribution in [3.8, 4) is 0 Å². The standard InChI is InChI=1S/C17H14FNOS/c18-12-4-1-5-13(10-12)21-11-17(20)15-6-2-8-16-14(15)7-3-9-19-16/h1-10,17,20H,11H2. The number of nitrogens with zero attached hydrogens (tertiary/aromatic N) is 1. The van der Waals surface area contributed by atoms with E-state index in [1.165, 1.54) is 23.9 Å². The lowest BCUT2D eigenvalue weighted by atomic mass is 10.0. The summed E-state index contributed by atoms with van der Waals surface area (Å²) in [4.78, 5) is 5.10. The van der Waals surface area contributed by atoms with Crippen molar-refractivity contribution in [2.75, 3.05) is 5.75 Å². The third kappa shape index (κ3) is 3.23. The van der Waals surface area contributed by atoms with Crippen LogP contribution in [0, 0.1) is 5.82 Å². The van der Waals surface area contributed by atoms with Gasteiger partial charge in [-0.15, -0.1) is 11.8 Å². The van der Waals surface area contributed by atoms with Gasteiger partial charge in [0, 0.05) is 22.2 Å². The lowest BCUT2D eigenvalue weighted by Gasteiger charge is -2.13. The minimum atomic E-state index is -0.619. The van der Waals surface area contributed by atoms with Gasteiger partial charge in [-0.2, -0.15) is 0 Å². The summed E-state index contributed by atoms with van der Waals surface area (Å²) in [5.74, 6) is 0.209. The van der Waals surface area contributed by atoms with Crippen LogP contribution in [0.2, 0.25) is 0 Å². The maximum atomic E-state index is 13.1. The number of fused-ring (bicyclic) bond motifs is 1. The van der Waals surface area contributed by atoms with E-state index in [-0.39, 0.29) is 5.82 Å². The number of pyridine rings is 1. The van der Waals surface area contributed by atoms with Crippen LogP contribution in [0.4, 0.5) is 4.39 Å². The maximum Gasteiger partial charge on any atom is 0.124 e. The fourth-order valence-corrected chi connectivity index (χ4v) is 3.14. The summed E-state index contributed by atoms with van der Waals surface area (Å²) in [7, 11) is 0. The SMILES string of the molecule is OC(CSc1cccc(F)c1)c1cccc2ncccc12. The number of hydrogen-bond acceptors (Lipinski definition) is 3. The second-order valence-electron chi connectivity index (χ2n) is 4.70. The Balaban J connectivity index is 1.79. The average molecular weight is 299 g/mol. The van der Waals surface area contributed by atoms with Crippen molar-refractivity contribution in [1.29, 1.82) is 0 Å². The molecule has 1 aromatic heterocycles. The Morgan fingerprint density at radius 2 is 1.95 bits per heavy atom. The molecule has 0 spiro atoms. The molecule has 2 aromatic carbocycles. The van der Waals surface area contributed by atoms with E-state index in [2.05, 4.69) is 4.98 Å². The number of aliphatic hydroxyl groups is 1. The van der Waals surface area contributed by atoms with Gasteiger partial charge in [0.1, 0.15) is 5.82 Å². The van der Waals surface area contributed by atoms with Crippen molar-refractivity contribution < 1.29 is 9.50 Å². The molecule has 2 nitrogen and oxygen atoms in total. The maximum absolute atomic E-state index is 13.1. The fraction of sp³-hybridized carbons (Fsp3) is 0.118. The minimum Gasteiger partial charge on any atom is -0.388 e. The molecule has 4 heteroatoms. The van der Waals surface area contributed by atoms with Gasteiger partial charge in [-0.3, -0.25) is 4.98 Å². The summed E-state index contributed by atoms with van der Waals surface area (Å²) >= 11 is 1.44. The Labute approximate surface area is 126 Å². The van der Waals surface area contributed by atoms with Crippen molar-refractivity contribution in [2.45, 2.75) is 11.0 Å². The van der Waals surface area contributed by atoms with Crippen LogP contribution in [0.15, 0.2) is 65.7 Å². The van der Waals surface area contributed by atoms with Crippen LogP contribution in [-0.4, -0.2) is 15.8 Å². The molecule has 0 aliphatic carbocycles. The third-order valence-electron chi connectivity index (χ3n) is 3.24. The van der Waals surface area contributed by atoms with Gasteiger partial charge < -0.3 is 5.11 Å². The predicted molar refractivity (Wildman–Crippen MR) is 83.8 cm³/mol. The Hall–Kier alpha value is -1.91. The first-order valence-corrected chi connectivity index (χ1v) is 7.63. The fourth-order valence-electron chi connectivity index (χ4n) is 2.24. The molecule has 0 saturated carbocycles. The molecular formula is C17H14FNOS. The zero-order valence-corrected chi connectivity index (χ0v) is 12.1. The van der Waals surface area contributed by atoms with Gasteiger partial charge in [0.2, 0.25) is 0 Å². The van der Waals surface area contributed by atoms with Gasteiger partial charge in [-0.1, -0.05) is 24.3 Å². The normalized spacial score (nSPS) is 12.5. The predicted octanol–water partition coefficient (Wildman–Crippen LogP) is 4.20. The molecule has 106 valence electrons. The van der Waals surface area contributed by atoms with Crippen LogP contribution in [-0.2, 0) is 0 Å². The highest BCUT2D eigenvalue weighted by molar-refractivity contribution is 7.99. The highest BCUT2D eigenvalue weighted by Gasteiger charge is 2.12. The van der Waals surface area contributed by atoms with Crippen molar-refractivity contribution in [2.24, 2.45) is 0 Å². The lowest BCUT2D eigenvalue weighted by molar-refractivity contribution is 0.205. The van der Waals surface area contributed by atoms with Crippen molar-refractivity contribution >= 4 is 22.7 Å². The summed E-state index contributed by atoms with van der Waals surface area (Å²) in [5, 5.41) is 11.4. The number of hydrogen-bond donors (Lipinski definition) is 1. The first-order valence-electron chi connectivity index (χ1n) is 6.64. The Morgan fingerprint density at radius 1 is 1.10 bits per heavy atom. The molecule has 3 aromatic rings. The Morgan fingerprint density at radius 3 is 2.81 bits per heavy atom. The molecule has 1 unspecified atom stereocenters. The van der Waals surface area contributed by atoms with Crippen molar-refractivity contribution in [3.05, 3.63) is 72.2 Å². The molecule has 0 saturated heterocycles. The average Bonchev–Trinajstić information content (AvgIpc) is 2.52. The van der Waals surface area contributed by atoms with Crippen molar-refractivity contribution in [1.82, 2.24) is 4.98 Å². The molecule has 0 aliphatic heterocycles. The topological polar surface area (TPSA) is 33.1 Å². The minimum absolute atomic E-state index is 0.260. The number of aliphatic hydroxyl groups excluding tert-OH is 1. The quantitative estimate of drug-likeness (QED) is 0.733. The molecule has 1 N–H and O–H groups in total. The number of benzene rings is 2. The Kier molecular flexibility index (Phi) is 4.18. The third-order valence-corrected chi connectivity index (χ3v) is 4.31. The van der Waals surface area contributed by atoms with E-state index in [0.717, 1.165) is 21.4 Å². The first kappa shape index (κ1) is 14.0. The van der Waals surface area contributed by atoms with Crippen LogP contribution in [0.5, 0.6) is 0 Å². The largest absolute Gasteiger partial charge is 0.388 e. The van der Waals surface area contributed by atoms with Crippen LogP contribution in [0.3, 0.4) is 0 Å². The van der Waals surface area contributed by atoms with E-state index in [9.17, 15) is 9.50 Å². The summed E-state index contributed by atoms with van der Waals surface area (Å²) in [6.45, 7) is 0. The summed E-state index contributed by atoms with van der Waals surface area (Å²) in [5.41, 5.74) is 1.72. The number of aromatic nitrogens is 1. The molecule has 1 atom stereocenters. The van der Waals surface area contributed by atoms with Crippen LogP contribution in [0.25, 0.3) is 10.9 Å². The second-order valence-corrected chi connectivity index (χ2v) is 5.79. The van der Waals surface area contributed by atoms with Gasteiger partial charge in [-0.05, 0) is 35.9 Å². The van der Waals surface area contributed by atoms with E-state index >= 15 is 0 Å². The van der Waals surface area contributed by atoms with Gasteiger partial charge in [-0.25, -0.2) is 4.39 Å². The van der Waals surface area contributed by atoms with E-state index < -0.39 is 6.10 Å². The van der Waals surface area contributed by atoms with Crippen LogP contribution < -0.4 is 0 Å². The summed E-state index contributed by atoms with van der Waals surface area (Å²) in [6, 6.07) is 15.9. The zero-order valence-electron chi connectivity index (χ0n) is 11.2. The number of rotatable bonds is 4. The van der Waals surface area contributed by atoms with Gasteiger partial charge >= 0.3 is 0 Å². The monoisotopic (exact) mass is 299 g/mol. The van der Waals surface area contributed by atoms with E-state index in [1.807, 2.05) is 36.4 Å². The first-order chi connectivity index (χ1) is 10.2. The zero-order chi connectivity index (χ0) is 14.7. The van der Waals surface area contributed by atoms with E-state index in [0.29, 0.717) is 5.75 Å².